The van der Waals surface area contributed by atoms with E-state index in [0.29, 0.717) is 0 Å². The molecule has 0 saturated heterocycles. The SMILES string of the molecule is CCC(Br)C(=O)NC1(C#N)CCCCCC1. The normalized spacial score (nSPS) is 21.6. The average molecular weight is 287 g/mol. The number of hydrogen-bond acceptors (Lipinski definition) is 2. The fourth-order valence-electron chi connectivity index (χ4n) is 2.10. The van der Waals surface area contributed by atoms with E-state index < -0.39 is 5.54 Å². The minimum atomic E-state index is -0.616. The second-order valence-corrected chi connectivity index (χ2v) is 5.58. The second-order valence-electron chi connectivity index (χ2n) is 4.47. The van der Waals surface area contributed by atoms with Gasteiger partial charge in [-0.05, 0) is 19.3 Å². The maximum Gasteiger partial charge on any atom is 0.235 e. The van der Waals surface area contributed by atoms with E-state index in [-0.39, 0.29) is 10.7 Å². The first kappa shape index (κ1) is 13.5. The number of alkyl halides is 1. The molecule has 0 aromatic carbocycles. The van der Waals surface area contributed by atoms with Crippen LogP contribution in [0.4, 0.5) is 0 Å². The molecule has 1 unspecified atom stereocenters. The lowest BCUT2D eigenvalue weighted by molar-refractivity contribution is -0.122. The quantitative estimate of drug-likeness (QED) is 0.641. The van der Waals surface area contributed by atoms with Gasteiger partial charge in [0.2, 0.25) is 5.91 Å². The van der Waals surface area contributed by atoms with Crippen molar-refractivity contribution in [2.75, 3.05) is 0 Å². The molecule has 1 N–H and O–H groups in total. The van der Waals surface area contributed by atoms with Crippen molar-refractivity contribution in [2.45, 2.75) is 62.2 Å². The van der Waals surface area contributed by atoms with Gasteiger partial charge in [-0.1, -0.05) is 48.5 Å². The van der Waals surface area contributed by atoms with Crippen LogP contribution >= 0.6 is 15.9 Å². The fourth-order valence-corrected chi connectivity index (χ4v) is 2.21. The first-order valence-electron chi connectivity index (χ1n) is 6.01. The van der Waals surface area contributed by atoms with Crippen LogP contribution in [0.25, 0.3) is 0 Å². The van der Waals surface area contributed by atoms with Gasteiger partial charge >= 0.3 is 0 Å². The monoisotopic (exact) mass is 286 g/mol. The fraction of sp³-hybridized carbons (Fsp3) is 0.833. The molecule has 4 heteroatoms. The molecule has 1 aliphatic carbocycles. The molecule has 3 nitrogen and oxygen atoms in total. The van der Waals surface area contributed by atoms with Crippen LogP contribution in [-0.2, 0) is 4.79 Å². The van der Waals surface area contributed by atoms with Gasteiger partial charge < -0.3 is 5.32 Å². The zero-order chi connectivity index (χ0) is 12.0. The van der Waals surface area contributed by atoms with Gasteiger partial charge in [0.1, 0.15) is 5.54 Å². The van der Waals surface area contributed by atoms with Gasteiger partial charge in [-0.2, -0.15) is 5.26 Å². The Morgan fingerprint density at radius 3 is 2.44 bits per heavy atom. The number of carbonyl (C=O) groups is 1. The lowest BCUT2D eigenvalue weighted by Crippen LogP contribution is -2.49. The summed E-state index contributed by atoms with van der Waals surface area (Å²) in [5.74, 6) is -0.0500. The van der Waals surface area contributed by atoms with Crippen LogP contribution in [0.3, 0.4) is 0 Å². The Morgan fingerprint density at radius 2 is 2.00 bits per heavy atom. The van der Waals surface area contributed by atoms with Crippen LogP contribution in [-0.4, -0.2) is 16.3 Å². The Balaban J connectivity index is 2.65. The van der Waals surface area contributed by atoms with E-state index in [9.17, 15) is 10.1 Å². The van der Waals surface area contributed by atoms with Crippen LogP contribution in [0, 0.1) is 11.3 Å². The summed E-state index contributed by atoms with van der Waals surface area (Å²) in [6, 6.07) is 2.31. The largest absolute Gasteiger partial charge is 0.337 e. The summed E-state index contributed by atoms with van der Waals surface area (Å²) in [5, 5.41) is 12.2. The van der Waals surface area contributed by atoms with E-state index in [1.54, 1.807) is 0 Å². The Morgan fingerprint density at radius 1 is 1.44 bits per heavy atom. The van der Waals surface area contributed by atoms with Crippen molar-refractivity contribution in [3.05, 3.63) is 0 Å². The standard InChI is InChI=1S/C12H19BrN2O/c1-2-10(13)11(16)15-12(9-14)7-5-3-4-6-8-12/h10H,2-8H2,1H3,(H,15,16). The molecule has 1 saturated carbocycles. The Bertz CT molecular complexity index is 277. The molecular weight excluding hydrogens is 268 g/mol. The maximum absolute atomic E-state index is 11.8. The van der Waals surface area contributed by atoms with Crippen molar-refractivity contribution in [2.24, 2.45) is 0 Å². The number of nitrogens with one attached hydrogen (secondary N) is 1. The zero-order valence-corrected chi connectivity index (χ0v) is 11.3. The van der Waals surface area contributed by atoms with Crippen LogP contribution < -0.4 is 5.32 Å². The molecule has 0 radical (unpaired) electrons. The molecule has 0 aliphatic heterocycles. The summed E-state index contributed by atoms with van der Waals surface area (Å²) in [4.78, 5) is 11.6. The number of amides is 1. The van der Waals surface area contributed by atoms with Crippen molar-refractivity contribution in [1.82, 2.24) is 5.32 Å². The Hall–Kier alpha value is -0.560. The van der Waals surface area contributed by atoms with Gasteiger partial charge in [0.25, 0.3) is 0 Å². The van der Waals surface area contributed by atoms with E-state index in [0.717, 1.165) is 32.1 Å². The van der Waals surface area contributed by atoms with Gasteiger partial charge in [0.15, 0.2) is 0 Å². The van der Waals surface area contributed by atoms with Gasteiger partial charge in [0, 0.05) is 0 Å². The molecule has 0 bridgehead atoms. The smallest absolute Gasteiger partial charge is 0.235 e. The third-order valence-electron chi connectivity index (χ3n) is 3.18. The Labute approximate surface area is 106 Å². The zero-order valence-electron chi connectivity index (χ0n) is 9.76. The van der Waals surface area contributed by atoms with E-state index in [1.165, 1.54) is 12.8 Å². The molecule has 0 aromatic heterocycles. The number of carbonyl (C=O) groups excluding carboxylic acids is 1. The Kier molecular flexibility index (Phi) is 5.27. The summed E-state index contributed by atoms with van der Waals surface area (Å²) >= 11 is 3.32. The highest BCUT2D eigenvalue weighted by atomic mass is 79.9. The molecule has 1 atom stereocenters. The molecule has 16 heavy (non-hydrogen) atoms. The number of hydrogen-bond donors (Lipinski definition) is 1. The third kappa shape index (κ3) is 3.48. The minimum absolute atomic E-state index is 0.0500. The van der Waals surface area contributed by atoms with Crippen molar-refractivity contribution in [3.63, 3.8) is 0 Å². The highest BCUT2D eigenvalue weighted by molar-refractivity contribution is 9.10. The topological polar surface area (TPSA) is 52.9 Å². The van der Waals surface area contributed by atoms with Crippen LogP contribution in [0.5, 0.6) is 0 Å². The average Bonchev–Trinajstić information content (AvgIpc) is 2.54. The number of halogens is 1. The van der Waals surface area contributed by atoms with Crippen molar-refractivity contribution in [1.29, 1.82) is 5.26 Å². The summed E-state index contributed by atoms with van der Waals surface area (Å²) in [5.41, 5.74) is -0.616. The van der Waals surface area contributed by atoms with Crippen molar-refractivity contribution < 1.29 is 4.79 Å². The number of rotatable bonds is 3. The predicted octanol–water partition coefficient (Wildman–Crippen LogP) is 2.89. The first-order valence-corrected chi connectivity index (χ1v) is 6.92. The third-order valence-corrected chi connectivity index (χ3v) is 4.24. The van der Waals surface area contributed by atoms with Gasteiger partial charge in [-0.3, -0.25) is 4.79 Å². The van der Waals surface area contributed by atoms with Crippen LogP contribution in [0.15, 0.2) is 0 Å². The molecule has 1 rings (SSSR count). The molecular formula is C12H19BrN2O. The molecule has 90 valence electrons. The highest BCUT2D eigenvalue weighted by Gasteiger charge is 2.33. The number of nitriles is 1. The van der Waals surface area contributed by atoms with Crippen LogP contribution in [0.2, 0.25) is 0 Å². The molecule has 1 fully saturated rings. The van der Waals surface area contributed by atoms with E-state index in [1.807, 2.05) is 6.92 Å². The lowest BCUT2D eigenvalue weighted by Gasteiger charge is -2.27. The lowest BCUT2D eigenvalue weighted by atomic mass is 9.91. The van der Waals surface area contributed by atoms with Gasteiger partial charge in [0.05, 0.1) is 10.9 Å². The predicted molar refractivity (Wildman–Crippen MR) is 67.2 cm³/mol. The summed E-state index contributed by atoms with van der Waals surface area (Å²) in [6.45, 7) is 1.95. The van der Waals surface area contributed by atoms with Gasteiger partial charge in [-0.25, -0.2) is 0 Å². The molecule has 0 spiro atoms. The van der Waals surface area contributed by atoms with Crippen molar-refractivity contribution >= 4 is 21.8 Å². The summed E-state index contributed by atoms with van der Waals surface area (Å²) in [7, 11) is 0. The summed E-state index contributed by atoms with van der Waals surface area (Å²) < 4.78 is 0. The van der Waals surface area contributed by atoms with E-state index >= 15 is 0 Å². The summed E-state index contributed by atoms with van der Waals surface area (Å²) in [6.07, 6.45) is 6.74. The molecule has 1 amide bonds. The van der Waals surface area contributed by atoms with Gasteiger partial charge in [-0.15, -0.1) is 0 Å². The molecule has 0 aromatic rings. The van der Waals surface area contributed by atoms with E-state index in [4.69, 9.17) is 0 Å². The minimum Gasteiger partial charge on any atom is -0.337 e. The molecule has 0 heterocycles. The van der Waals surface area contributed by atoms with Crippen molar-refractivity contribution in [3.8, 4) is 6.07 Å². The molecule has 1 aliphatic rings. The second kappa shape index (κ2) is 6.24. The highest BCUT2D eigenvalue weighted by Crippen LogP contribution is 2.27. The van der Waals surface area contributed by atoms with E-state index in [2.05, 4.69) is 27.3 Å². The number of nitrogens with zero attached hydrogens (tertiary/aromatic N) is 1. The maximum atomic E-state index is 11.8. The van der Waals surface area contributed by atoms with Crippen LogP contribution in [0.1, 0.15) is 51.9 Å². The first-order chi connectivity index (χ1) is 7.63.